The first-order valence-electron chi connectivity index (χ1n) is 21.8. The Bertz CT molecular complexity index is 1530. The molecule has 0 aromatic carbocycles. The van der Waals surface area contributed by atoms with Gasteiger partial charge in [-0.05, 0) is 87.4 Å². The number of likely N-dealkylation sites (tertiary alicyclic amines) is 1. The van der Waals surface area contributed by atoms with Crippen LogP contribution in [0.25, 0.3) is 0 Å². The van der Waals surface area contributed by atoms with Gasteiger partial charge in [-0.15, -0.1) is 0 Å². The smallest absolute Gasteiger partial charge is 0.289 e. The van der Waals surface area contributed by atoms with E-state index in [4.69, 9.17) is 4.74 Å². The second-order valence-electron chi connectivity index (χ2n) is 19.9. The molecule has 4 saturated carbocycles. The summed E-state index contributed by atoms with van der Waals surface area (Å²) in [4.78, 5) is 88.1. The summed E-state index contributed by atoms with van der Waals surface area (Å²) in [5, 5.41) is 12.0. The number of ether oxygens (including phenoxy) is 1. The number of rotatable bonds is 14. The molecule has 6 rings (SSSR count). The number of nitrogens with zero attached hydrogens (tertiary/aromatic N) is 2. The highest BCUT2D eigenvalue weighted by Crippen LogP contribution is 2.88. The van der Waals surface area contributed by atoms with Gasteiger partial charge in [0.25, 0.3) is 5.91 Å². The Morgan fingerprint density at radius 2 is 1.50 bits per heavy atom. The average Bonchev–Trinajstić information content (AvgIpc) is 3.96. The van der Waals surface area contributed by atoms with Crippen molar-refractivity contribution >= 4 is 35.3 Å². The Labute approximate surface area is 334 Å². The summed E-state index contributed by atoms with van der Waals surface area (Å²) in [5.41, 5.74) is -1.10. The summed E-state index contributed by atoms with van der Waals surface area (Å²) < 4.78 is 5.72. The van der Waals surface area contributed by atoms with Gasteiger partial charge in [0, 0.05) is 30.6 Å². The van der Waals surface area contributed by atoms with Crippen LogP contribution in [-0.4, -0.2) is 114 Å². The fraction of sp³-hybridized carbons (Fsp3) is 0.860. The molecule has 4 aliphatic carbocycles. The van der Waals surface area contributed by atoms with Crippen LogP contribution in [-0.2, 0) is 33.5 Å². The first-order chi connectivity index (χ1) is 26.4. The Morgan fingerprint density at radius 1 is 0.839 bits per heavy atom. The normalized spacial score (nSPS) is 28.9. The number of Topliss-reactive ketones (excluding diaryl/α,β-unsaturated/α-hetero) is 1. The van der Waals surface area contributed by atoms with E-state index in [9.17, 15) is 24.0 Å². The van der Waals surface area contributed by atoms with Gasteiger partial charge < -0.3 is 30.9 Å². The minimum atomic E-state index is -0.996. The van der Waals surface area contributed by atoms with Crippen LogP contribution in [0.15, 0.2) is 0 Å². The molecule has 0 aromatic heterocycles. The van der Waals surface area contributed by atoms with Crippen molar-refractivity contribution in [2.24, 2.45) is 27.6 Å². The molecule has 13 heteroatoms. The van der Waals surface area contributed by atoms with E-state index in [2.05, 4.69) is 53.9 Å². The van der Waals surface area contributed by atoms with Gasteiger partial charge in [-0.2, -0.15) is 0 Å². The van der Waals surface area contributed by atoms with E-state index in [1.807, 2.05) is 27.7 Å². The van der Waals surface area contributed by atoms with Crippen molar-refractivity contribution in [3.05, 3.63) is 0 Å². The predicted octanol–water partition coefficient (Wildman–Crippen LogP) is 3.62. The van der Waals surface area contributed by atoms with Gasteiger partial charge in [-0.25, -0.2) is 0 Å². The highest BCUT2D eigenvalue weighted by Gasteiger charge is 2.85. The van der Waals surface area contributed by atoms with Gasteiger partial charge in [-0.3, -0.25) is 33.7 Å². The van der Waals surface area contributed by atoms with Gasteiger partial charge in [0.15, 0.2) is 0 Å². The molecular weight excluding hydrogens is 713 g/mol. The van der Waals surface area contributed by atoms with Crippen LogP contribution in [0.2, 0.25) is 0 Å². The van der Waals surface area contributed by atoms with E-state index in [1.54, 1.807) is 4.90 Å². The second-order valence-corrected chi connectivity index (χ2v) is 19.9. The van der Waals surface area contributed by atoms with Crippen LogP contribution < -0.4 is 21.3 Å². The van der Waals surface area contributed by atoms with Crippen molar-refractivity contribution in [3.8, 4) is 0 Å². The number of hydrogen-bond donors (Lipinski definition) is 4. The van der Waals surface area contributed by atoms with Crippen molar-refractivity contribution in [1.29, 1.82) is 0 Å². The van der Waals surface area contributed by atoms with E-state index in [1.165, 1.54) is 0 Å². The van der Waals surface area contributed by atoms with Crippen molar-refractivity contribution in [2.45, 2.75) is 181 Å². The number of nitrogens with one attached hydrogen (secondary N) is 4. The molecule has 5 amide bonds. The third-order valence-corrected chi connectivity index (χ3v) is 15.0. The highest BCUT2D eigenvalue weighted by atomic mass is 16.5. The summed E-state index contributed by atoms with van der Waals surface area (Å²) in [7, 11) is 0. The second kappa shape index (κ2) is 16.3. The third-order valence-electron chi connectivity index (χ3n) is 15.0. The Morgan fingerprint density at radius 3 is 2.05 bits per heavy atom. The number of fused-ring (bicyclic) bond motifs is 1. The maximum atomic E-state index is 15.1. The van der Waals surface area contributed by atoms with Crippen molar-refractivity contribution in [3.63, 3.8) is 0 Å². The number of amides is 5. The number of morpholine rings is 1. The molecule has 2 saturated heterocycles. The van der Waals surface area contributed by atoms with E-state index >= 15 is 4.79 Å². The molecule has 0 aromatic rings. The molecule has 13 nitrogen and oxygen atoms in total. The molecular formula is C43H70N6O7. The largest absolute Gasteiger partial charge is 0.378 e. The van der Waals surface area contributed by atoms with E-state index in [-0.39, 0.29) is 52.7 Å². The monoisotopic (exact) mass is 783 g/mol. The zero-order valence-corrected chi connectivity index (χ0v) is 35.4. The summed E-state index contributed by atoms with van der Waals surface area (Å²) in [5.74, 6) is -2.83. The zero-order valence-electron chi connectivity index (χ0n) is 35.4. The predicted molar refractivity (Wildman–Crippen MR) is 212 cm³/mol. The van der Waals surface area contributed by atoms with Crippen LogP contribution in [0.5, 0.6) is 0 Å². The lowest BCUT2D eigenvalue weighted by Gasteiger charge is -2.40. The molecule has 0 bridgehead atoms. The molecule has 56 heavy (non-hydrogen) atoms. The Kier molecular flexibility index (Phi) is 12.4. The van der Waals surface area contributed by atoms with Gasteiger partial charge in [0.05, 0.1) is 19.3 Å². The number of ketones is 1. The quantitative estimate of drug-likeness (QED) is 0.194. The molecule has 2 heterocycles. The average molecular weight is 783 g/mol. The SMILES string of the molecule is CCC[C@H](NC(=O)[C@@H]1C[C@@]2(CN1C(=O)[C@@H](NC(=O)[C@@H](NC(=O)[C@@H]1COCCN1C(C)C)C1CCCCC1)C(C)(C)C)C(C)(C)C21CCC1)C(=O)C(=O)NC1CC1. The topological polar surface area (TPSA) is 166 Å². The lowest BCUT2D eigenvalue weighted by atomic mass is 9.73. The first kappa shape index (κ1) is 42.5. The van der Waals surface area contributed by atoms with E-state index < -0.39 is 59.1 Å². The molecule has 314 valence electrons. The standard InChI is InChI=1S/C43H70N6O7/c1-9-14-29(33(50)38(54)44-28-17-18-28)45-35(51)30-23-43(41(7,8)42(43)19-13-20-42)25-49(30)39(55)34(40(4,5)6)47-37(53)32(27-15-11-10-12-16-27)46-36(52)31-24-56-22-21-48(31)26(2)3/h26-32,34H,9-25H2,1-8H3,(H,44,54)(H,45,51)(H,46,52)(H,47,53)/t29-,30-,31-,32-,34+,43+/m0/s1. The highest BCUT2D eigenvalue weighted by molar-refractivity contribution is 6.38. The van der Waals surface area contributed by atoms with Gasteiger partial charge in [0.1, 0.15) is 24.2 Å². The minimum Gasteiger partial charge on any atom is -0.378 e. The van der Waals surface area contributed by atoms with E-state index in [0.717, 1.165) is 64.2 Å². The van der Waals surface area contributed by atoms with Gasteiger partial charge >= 0.3 is 0 Å². The fourth-order valence-electron chi connectivity index (χ4n) is 11.2. The van der Waals surface area contributed by atoms with Crippen LogP contribution in [0.3, 0.4) is 0 Å². The maximum Gasteiger partial charge on any atom is 0.289 e. The molecule has 6 fully saturated rings. The maximum absolute atomic E-state index is 15.1. The van der Waals surface area contributed by atoms with Gasteiger partial charge in [0.2, 0.25) is 29.4 Å². The number of hydrogen-bond acceptors (Lipinski definition) is 8. The lowest BCUT2D eigenvalue weighted by molar-refractivity contribution is -0.146. The lowest BCUT2D eigenvalue weighted by Crippen LogP contribution is -2.63. The zero-order chi connectivity index (χ0) is 40.8. The summed E-state index contributed by atoms with van der Waals surface area (Å²) in [6.07, 6.45) is 10.8. The molecule has 4 N–H and O–H groups in total. The minimum absolute atomic E-state index is 0.00887. The first-order valence-corrected chi connectivity index (χ1v) is 21.8. The number of carbonyl (C=O) groups is 6. The summed E-state index contributed by atoms with van der Waals surface area (Å²) in [6, 6.07) is -4.08. The van der Waals surface area contributed by atoms with Crippen LogP contribution in [0, 0.1) is 27.6 Å². The molecule has 0 radical (unpaired) electrons. The number of carbonyl (C=O) groups excluding carboxylic acids is 6. The fourth-order valence-corrected chi connectivity index (χ4v) is 11.2. The van der Waals surface area contributed by atoms with E-state index in [0.29, 0.717) is 39.0 Å². The van der Waals surface area contributed by atoms with Crippen molar-refractivity contribution in [1.82, 2.24) is 31.1 Å². The van der Waals surface area contributed by atoms with Crippen LogP contribution >= 0.6 is 0 Å². The summed E-state index contributed by atoms with van der Waals surface area (Å²) >= 11 is 0. The third kappa shape index (κ3) is 7.88. The molecule has 2 aliphatic heterocycles. The van der Waals surface area contributed by atoms with Crippen LogP contribution in [0.1, 0.15) is 139 Å². The van der Waals surface area contributed by atoms with Crippen molar-refractivity contribution in [2.75, 3.05) is 26.3 Å². The molecule has 6 aliphatic rings. The molecule has 6 atom stereocenters. The Balaban J connectivity index is 1.26. The summed E-state index contributed by atoms with van der Waals surface area (Å²) in [6.45, 7) is 18.0. The molecule has 0 unspecified atom stereocenters. The molecule has 2 spiro atoms. The van der Waals surface area contributed by atoms with Crippen LogP contribution in [0.4, 0.5) is 0 Å². The Hall–Kier alpha value is -3.06. The van der Waals surface area contributed by atoms with Gasteiger partial charge in [-0.1, -0.05) is 73.6 Å². The van der Waals surface area contributed by atoms with Crippen molar-refractivity contribution < 1.29 is 33.5 Å².